The molecule has 14 heavy (non-hydrogen) atoms. The molecule has 0 spiro atoms. The summed E-state index contributed by atoms with van der Waals surface area (Å²) in [6.45, 7) is 2.16. The third kappa shape index (κ3) is 2.25. The van der Waals surface area contributed by atoms with Crippen LogP contribution in [0.25, 0.3) is 0 Å². The van der Waals surface area contributed by atoms with Gasteiger partial charge in [0.2, 0.25) is 0 Å². The van der Waals surface area contributed by atoms with Gasteiger partial charge < -0.3 is 10.8 Å². The summed E-state index contributed by atoms with van der Waals surface area (Å²) in [6.07, 6.45) is 1.13. The zero-order valence-electron chi connectivity index (χ0n) is 7.98. The van der Waals surface area contributed by atoms with E-state index in [0.29, 0.717) is 35.0 Å². The highest BCUT2D eigenvalue weighted by Gasteiger charge is 2.13. The Morgan fingerprint density at radius 3 is 2.79 bits per heavy atom. The summed E-state index contributed by atoms with van der Waals surface area (Å²) < 4.78 is 14.1. The number of phenolic OH excluding ortho intramolecular Hbond substituents is 1. The Hall–Kier alpha value is -0.610. The van der Waals surface area contributed by atoms with Crippen molar-refractivity contribution in [2.75, 3.05) is 6.54 Å². The van der Waals surface area contributed by atoms with Crippen LogP contribution in [0.15, 0.2) is 10.5 Å². The summed E-state index contributed by atoms with van der Waals surface area (Å²) >= 11 is 3.18. The normalized spacial score (nSPS) is 10.6. The Labute approximate surface area is 91.1 Å². The van der Waals surface area contributed by atoms with Crippen molar-refractivity contribution >= 4 is 15.9 Å². The molecule has 0 saturated carbocycles. The maximum absolute atomic E-state index is 13.5. The second kappa shape index (κ2) is 4.75. The van der Waals surface area contributed by atoms with Gasteiger partial charge in [-0.2, -0.15) is 0 Å². The Morgan fingerprint density at radius 2 is 2.21 bits per heavy atom. The topological polar surface area (TPSA) is 46.2 Å². The molecule has 0 bridgehead atoms. The average molecular weight is 262 g/mol. The lowest BCUT2D eigenvalue weighted by molar-refractivity contribution is 0.453. The third-order valence-electron chi connectivity index (χ3n) is 2.10. The van der Waals surface area contributed by atoms with E-state index in [1.165, 1.54) is 0 Å². The molecule has 0 aromatic heterocycles. The van der Waals surface area contributed by atoms with Crippen LogP contribution in [0.1, 0.15) is 17.5 Å². The molecule has 0 amide bonds. The predicted octanol–water partition coefficient (Wildman–Crippen LogP) is 2.49. The molecule has 0 unspecified atom stereocenters. The second-order valence-electron chi connectivity index (χ2n) is 3.21. The molecule has 3 N–H and O–H groups in total. The Kier molecular flexibility index (Phi) is 3.89. The van der Waals surface area contributed by atoms with E-state index in [4.69, 9.17) is 5.73 Å². The average Bonchev–Trinajstić information content (AvgIpc) is 2.15. The summed E-state index contributed by atoms with van der Waals surface area (Å²) in [7, 11) is 0. The van der Waals surface area contributed by atoms with Gasteiger partial charge in [-0.25, -0.2) is 4.39 Å². The molecule has 4 heteroatoms. The number of hydrogen-bond acceptors (Lipinski definition) is 2. The first-order valence-corrected chi connectivity index (χ1v) is 5.23. The summed E-state index contributed by atoms with van der Waals surface area (Å²) in [5, 5.41) is 9.60. The maximum atomic E-state index is 13.5. The minimum atomic E-state index is -0.334. The van der Waals surface area contributed by atoms with Crippen LogP contribution in [-0.2, 0) is 6.42 Å². The van der Waals surface area contributed by atoms with Crippen molar-refractivity contribution in [3.05, 3.63) is 27.5 Å². The van der Waals surface area contributed by atoms with Crippen molar-refractivity contribution in [2.45, 2.75) is 19.8 Å². The largest absolute Gasteiger partial charge is 0.506 e. The smallest absolute Gasteiger partial charge is 0.135 e. The van der Waals surface area contributed by atoms with Gasteiger partial charge >= 0.3 is 0 Å². The van der Waals surface area contributed by atoms with E-state index < -0.39 is 0 Å². The van der Waals surface area contributed by atoms with E-state index in [-0.39, 0.29) is 11.6 Å². The van der Waals surface area contributed by atoms with Gasteiger partial charge in [0.05, 0.1) is 4.47 Å². The molecule has 1 rings (SSSR count). The molecule has 78 valence electrons. The molecule has 0 aliphatic rings. The molecular formula is C10H13BrFNO. The van der Waals surface area contributed by atoms with Crippen LogP contribution in [0.2, 0.25) is 0 Å². The summed E-state index contributed by atoms with van der Waals surface area (Å²) in [4.78, 5) is 0. The van der Waals surface area contributed by atoms with E-state index in [1.54, 1.807) is 13.0 Å². The lowest BCUT2D eigenvalue weighted by Gasteiger charge is -2.09. The predicted molar refractivity (Wildman–Crippen MR) is 57.9 cm³/mol. The molecule has 0 aliphatic carbocycles. The van der Waals surface area contributed by atoms with Crippen LogP contribution in [0.4, 0.5) is 4.39 Å². The van der Waals surface area contributed by atoms with E-state index in [0.717, 1.165) is 0 Å². The second-order valence-corrected chi connectivity index (χ2v) is 4.06. The maximum Gasteiger partial charge on any atom is 0.135 e. The SMILES string of the molecule is Cc1cc(Br)c(O)c(CCCN)c1F. The van der Waals surface area contributed by atoms with Crippen LogP contribution in [0.3, 0.4) is 0 Å². The van der Waals surface area contributed by atoms with Crippen LogP contribution in [-0.4, -0.2) is 11.7 Å². The van der Waals surface area contributed by atoms with E-state index in [2.05, 4.69) is 15.9 Å². The van der Waals surface area contributed by atoms with Crippen LogP contribution < -0.4 is 5.73 Å². The summed E-state index contributed by atoms with van der Waals surface area (Å²) in [5.74, 6) is -0.347. The summed E-state index contributed by atoms with van der Waals surface area (Å²) in [6, 6.07) is 1.57. The van der Waals surface area contributed by atoms with E-state index in [9.17, 15) is 9.50 Å². The van der Waals surface area contributed by atoms with Crippen LogP contribution >= 0.6 is 15.9 Å². The van der Waals surface area contributed by atoms with Gasteiger partial charge in [-0.1, -0.05) is 0 Å². The number of aryl methyl sites for hydroxylation is 1. The minimum Gasteiger partial charge on any atom is -0.506 e. The van der Waals surface area contributed by atoms with Gasteiger partial charge in [-0.3, -0.25) is 0 Å². The molecule has 2 nitrogen and oxygen atoms in total. The van der Waals surface area contributed by atoms with Gasteiger partial charge in [-0.05, 0) is 53.9 Å². The molecule has 1 aromatic carbocycles. The zero-order chi connectivity index (χ0) is 10.7. The third-order valence-corrected chi connectivity index (χ3v) is 2.70. The Balaban J connectivity index is 3.11. The summed E-state index contributed by atoms with van der Waals surface area (Å²) in [5.41, 5.74) is 6.22. The van der Waals surface area contributed by atoms with Crippen LogP contribution in [0, 0.1) is 12.7 Å². The number of halogens is 2. The van der Waals surface area contributed by atoms with E-state index in [1.807, 2.05) is 0 Å². The van der Waals surface area contributed by atoms with Crippen molar-refractivity contribution in [1.82, 2.24) is 0 Å². The van der Waals surface area contributed by atoms with Gasteiger partial charge in [0.15, 0.2) is 0 Å². The minimum absolute atomic E-state index is 0.0125. The highest BCUT2D eigenvalue weighted by molar-refractivity contribution is 9.10. The van der Waals surface area contributed by atoms with Crippen molar-refractivity contribution in [3.63, 3.8) is 0 Å². The quantitative estimate of drug-likeness (QED) is 0.879. The molecule has 0 fully saturated rings. The highest BCUT2D eigenvalue weighted by atomic mass is 79.9. The first-order valence-electron chi connectivity index (χ1n) is 4.44. The number of nitrogens with two attached hydrogens (primary N) is 1. The number of phenols is 1. The first-order chi connectivity index (χ1) is 6.57. The molecular weight excluding hydrogens is 249 g/mol. The Bertz CT molecular complexity index is 315. The standard InChI is InChI=1S/C10H13BrFNO/c1-6-5-8(11)10(14)7(9(6)12)3-2-4-13/h5,14H,2-4,13H2,1H3. The van der Waals surface area contributed by atoms with Crippen molar-refractivity contribution in [2.24, 2.45) is 5.73 Å². The van der Waals surface area contributed by atoms with Crippen molar-refractivity contribution < 1.29 is 9.50 Å². The molecule has 0 heterocycles. The molecule has 0 radical (unpaired) electrons. The number of benzene rings is 1. The Morgan fingerprint density at radius 1 is 1.57 bits per heavy atom. The molecule has 0 aliphatic heterocycles. The van der Waals surface area contributed by atoms with Gasteiger partial charge in [0.25, 0.3) is 0 Å². The van der Waals surface area contributed by atoms with Gasteiger partial charge in [0.1, 0.15) is 11.6 Å². The first kappa shape index (κ1) is 11.5. The molecule has 0 saturated heterocycles. The fourth-order valence-corrected chi connectivity index (χ4v) is 1.90. The number of hydrogen-bond donors (Lipinski definition) is 2. The fraction of sp³-hybridized carbons (Fsp3) is 0.400. The van der Waals surface area contributed by atoms with Gasteiger partial charge in [0, 0.05) is 5.56 Å². The lowest BCUT2D eigenvalue weighted by atomic mass is 10.0. The van der Waals surface area contributed by atoms with Crippen LogP contribution in [0.5, 0.6) is 5.75 Å². The van der Waals surface area contributed by atoms with E-state index >= 15 is 0 Å². The van der Waals surface area contributed by atoms with Crippen molar-refractivity contribution in [3.8, 4) is 5.75 Å². The highest BCUT2D eigenvalue weighted by Crippen LogP contribution is 2.32. The number of rotatable bonds is 3. The molecule has 1 aromatic rings. The molecule has 0 atom stereocenters. The number of aromatic hydroxyl groups is 1. The lowest BCUT2D eigenvalue weighted by Crippen LogP contribution is -2.03. The van der Waals surface area contributed by atoms with Crippen molar-refractivity contribution in [1.29, 1.82) is 0 Å². The fourth-order valence-electron chi connectivity index (χ4n) is 1.31. The van der Waals surface area contributed by atoms with Gasteiger partial charge in [-0.15, -0.1) is 0 Å². The monoisotopic (exact) mass is 261 g/mol. The zero-order valence-corrected chi connectivity index (χ0v) is 9.57.